The highest BCUT2D eigenvalue weighted by Gasteiger charge is 2.31. The molecule has 0 aromatic carbocycles. The highest BCUT2D eigenvalue weighted by Crippen LogP contribution is 2.25. The summed E-state index contributed by atoms with van der Waals surface area (Å²) in [5.74, 6) is -2.15. The highest BCUT2D eigenvalue weighted by molar-refractivity contribution is 7.94. The van der Waals surface area contributed by atoms with E-state index >= 15 is 0 Å². The number of hydrogen-bond acceptors (Lipinski definition) is 9. The third kappa shape index (κ3) is 12.0. The van der Waals surface area contributed by atoms with Crippen LogP contribution in [0, 0.1) is 5.92 Å². The minimum atomic E-state index is -4.01. The van der Waals surface area contributed by atoms with Gasteiger partial charge in [-0.05, 0) is 59.9 Å². The second kappa shape index (κ2) is 13.6. The standard InChI is InChI=1S/C23H37ClN4O8S2/c1-13(2)9-15(25-20(32)35-22(3,4)5)18(30)27-38(34,17-10-14(24)12-37-17)28-19(31)16(11-29)26-21(33)36-23(6,7)8/h10,12-13,15-16,29H,9,11H2,1-8H3,(H,25,32)(H,26,33)(H,27,28,30,31,34)/t15-,16+,38?/m0/s1. The third-order valence-corrected chi connectivity index (χ3v) is 7.77. The summed E-state index contributed by atoms with van der Waals surface area (Å²) in [5.41, 5.74) is -1.71. The Morgan fingerprint density at radius 1 is 1.03 bits per heavy atom. The van der Waals surface area contributed by atoms with Gasteiger partial charge in [-0.3, -0.25) is 14.3 Å². The van der Waals surface area contributed by atoms with Crippen LogP contribution in [0.2, 0.25) is 5.02 Å². The van der Waals surface area contributed by atoms with E-state index in [-0.39, 0.29) is 21.6 Å². The topological polar surface area (TPSA) is 172 Å². The van der Waals surface area contributed by atoms with E-state index in [1.807, 2.05) is 13.8 Å². The molecule has 0 aliphatic rings. The first-order valence-corrected chi connectivity index (χ1v) is 14.5. The van der Waals surface area contributed by atoms with E-state index in [0.29, 0.717) is 0 Å². The Kier molecular flexibility index (Phi) is 12.0. The van der Waals surface area contributed by atoms with Gasteiger partial charge >= 0.3 is 12.2 Å². The number of aliphatic hydroxyl groups is 1. The first-order valence-electron chi connectivity index (χ1n) is 11.7. The molecule has 3 atom stereocenters. The summed E-state index contributed by atoms with van der Waals surface area (Å²) in [6.07, 6.45) is -1.73. The molecule has 0 radical (unpaired) electrons. The van der Waals surface area contributed by atoms with Crippen LogP contribution < -0.4 is 15.4 Å². The Hall–Kier alpha value is -2.42. The van der Waals surface area contributed by atoms with E-state index in [4.69, 9.17) is 21.1 Å². The summed E-state index contributed by atoms with van der Waals surface area (Å²) in [7, 11) is -4.01. The fourth-order valence-electron chi connectivity index (χ4n) is 2.74. The van der Waals surface area contributed by atoms with Crippen LogP contribution in [0.5, 0.6) is 0 Å². The van der Waals surface area contributed by atoms with Crippen molar-refractivity contribution in [1.29, 1.82) is 0 Å². The van der Waals surface area contributed by atoms with Crippen LogP contribution >= 0.6 is 22.9 Å². The molecule has 0 bridgehead atoms. The molecule has 1 rings (SSSR count). The largest absolute Gasteiger partial charge is 0.444 e. The monoisotopic (exact) mass is 596 g/mol. The van der Waals surface area contributed by atoms with E-state index in [9.17, 15) is 28.5 Å². The average Bonchev–Trinajstić information content (AvgIpc) is 3.15. The van der Waals surface area contributed by atoms with Gasteiger partial charge in [0.05, 0.1) is 11.6 Å². The molecule has 0 fully saturated rings. The molecule has 0 saturated heterocycles. The lowest BCUT2D eigenvalue weighted by molar-refractivity contribution is -0.122. The lowest BCUT2D eigenvalue weighted by Crippen LogP contribution is -2.51. The summed E-state index contributed by atoms with van der Waals surface area (Å²) < 4.78 is 30.1. The first kappa shape index (κ1) is 33.6. The van der Waals surface area contributed by atoms with Crippen LogP contribution in [-0.2, 0) is 29.0 Å². The van der Waals surface area contributed by atoms with Crippen molar-refractivity contribution in [3.8, 4) is 0 Å². The molecule has 38 heavy (non-hydrogen) atoms. The number of carbonyl (C=O) groups excluding carboxylic acids is 4. The van der Waals surface area contributed by atoms with Crippen molar-refractivity contribution in [2.24, 2.45) is 10.3 Å². The van der Waals surface area contributed by atoms with Crippen molar-refractivity contribution in [2.45, 2.75) is 89.3 Å². The van der Waals surface area contributed by atoms with Gasteiger partial charge < -0.3 is 25.2 Å². The number of nitrogens with zero attached hydrogens (tertiary/aromatic N) is 1. The maximum atomic E-state index is 13.9. The quantitative estimate of drug-likeness (QED) is 0.334. The zero-order valence-corrected chi connectivity index (χ0v) is 25.1. The first-order chi connectivity index (χ1) is 17.2. The van der Waals surface area contributed by atoms with Gasteiger partial charge in [-0.2, -0.15) is 0 Å². The van der Waals surface area contributed by atoms with Gasteiger partial charge in [0.15, 0.2) is 9.92 Å². The second-order valence-corrected chi connectivity index (χ2v) is 14.2. The smallest absolute Gasteiger partial charge is 0.408 e. The molecule has 12 nitrogen and oxygen atoms in total. The maximum absolute atomic E-state index is 13.9. The van der Waals surface area contributed by atoms with E-state index in [1.54, 1.807) is 41.5 Å². The van der Waals surface area contributed by atoms with Crippen molar-refractivity contribution >= 4 is 56.9 Å². The predicted molar refractivity (Wildman–Crippen MR) is 144 cm³/mol. The van der Waals surface area contributed by atoms with Gasteiger partial charge in [-0.15, -0.1) is 15.7 Å². The molecule has 0 spiro atoms. The van der Waals surface area contributed by atoms with Crippen LogP contribution in [0.15, 0.2) is 20.0 Å². The molecule has 1 heterocycles. The molecule has 216 valence electrons. The zero-order valence-electron chi connectivity index (χ0n) is 22.7. The number of hydrogen-bond donors (Lipinski definition) is 4. The van der Waals surface area contributed by atoms with Crippen LogP contribution in [0.25, 0.3) is 0 Å². The van der Waals surface area contributed by atoms with Gasteiger partial charge in [-0.25, -0.2) is 13.8 Å². The lowest BCUT2D eigenvalue weighted by atomic mass is 10.0. The number of thiophene rings is 1. The third-order valence-electron chi connectivity index (χ3n) is 4.16. The van der Waals surface area contributed by atoms with Crippen LogP contribution in [0.3, 0.4) is 0 Å². The second-order valence-electron chi connectivity index (χ2n) is 10.7. The van der Waals surface area contributed by atoms with Gasteiger partial charge in [0.25, 0.3) is 11.8 Å². The summed E-state index contributed by atoms with van der Waals surface area (Å²) >= 11 is 6.85. The van der Waals surface area contributed by atoms with Gasteiger partial charge in [0.1, 0.15) is 27.5 Å². The average molecular weight is 597 g/mol. The number of ether oxygens (including phenoxy) is 2. The van der Waals surface area contributed by atoms with E-state index in [0.717, 1.165) is 11.3 Å². The maximum Gasteiger partial charge on any atom is 0.408 e. The molecule has 4 N–H and O–H groups in total. The molecule has 0 saturated carbocycles. The zero-order chi connectivity index (χ0) is 29.5. The normalized spacial score (nSPS) is 15.0. The molecule has 1 unspecified atom stereocenters. The number of alkyl carbamates (subject to hydrolysis) is 2. The van der Waals surface area contributed by atoms with E-state index < -0.39 is 63.8 Å². The number of aliphatic hydroxyl groups excluding tert-OH is 1. The van der Waals surface area contributed by atoms with E-state index in [2.05, 4.69) is 19.7 Å². The van der Waals surface area contributed by atoms with Crippen molar-refractivity contribution < 1.29 is 38.0 Å². The predicted octanol–water partition coefficient (Wildman–Crippen LogP) is 3.61. The number of carbonyl (C=O) groups is 4. The van der Waals surface area contributed by atoms with Crippen molar-refractivity contribution in [3.63, 3.8) is 0 Å². The summed E-state index contributed by atoms with van der Waals surface area (Å²) in [5, 5.41) is 15.9. The minimum absolute atomic E-state index is 0.0567. The Labute approximate surface area is 232 Å². The molecule has 0 aliphatic heterocycles. The van der Waals surface area contributed by atoms with Crippen molar-refractivity contribution in [3.05, 3.63) is 16.5 Å². The van der Waals surface area contributed by atoms with Crippen LogP contribution in [0.4, 0.5) is 9.59 Å². The van der Waals surface area contributed by atoms with Crippen LogP contribution in [-0.4, -0.2) is 63.2 Å². The molecule has 1 aromatic heterocycles. The van der Waals surface area contributed by atoms with Gasteiger partial charge in [0.2, 0.25) is 0 Å². The van der Waals surface area contributed by atoms with E-state index in [1.165, 1.54) is 11.4 Å². The van der Waals surface area contributed by atoms with Gasteiger partial charge in [-0.1, -0.05) is 25.4 Å². The molecular weight excluding hydrogens is 560 g/mol. The number of amides is 4. The highest BCUT2D eigenvalue weighted by atomic mass is 35.5. The summed E-state index contributed by atoms with van der Waals surface area (Å²) in [4.78, 5) is 50.6. The van der Waals surface area contributed by atoms with Crippen LogP contribution in [0.1, 0.15) is 61.8 Å². The Bertz CT molecular complexity index is 1130. The summed E-state index contributed by atoms with van der Waals surface area (Å²) in [6, 6.07) is -1.52. The Balaban J connectivity index is 3.36. The minimum Gasteiger partial charge on any atom is -0.444 e. The Morgan fingerprint density at radius 3 is 1.92 bits per heavy atom. The molecular formula is C23H37ClN4O8S2. The number of rotatable bonds is 9. The molecule has 15 heteroatoms. The summed E-state index contributed by atoms with van der Waals surface area (Å²) in [6.45, 7) is 12.5. The fraction of sp³-hybridized carbons (Fsp3) is 0.652. The SMILES string of the molecule is CC(C)C[C@H](NC(=O)OC(C)(C)C)C(=O)N=S(=O)(NC(=O)[C@@H](CO)NC(=O)OC(C)(C)C)c1cc(Cl)cs1. The lowest BCUT2D eigenvalue weighted by Gasteiger charge is -2.24. The molecule has 0 aliphatic carbocycles. The Morgan fingerprint density at radius 2 is 1.53 bits per heavy atom. The van der Waals surface area contributed by atoms with Gasteiger partial charge in [0, 0.05) is 5.38 Å². The number of nitrogens with one attached hydrogen (secondary N) is 3. The van der Waals surface area contributed by atoms with Crippen molar-refractivity contribution in [1.82, 2.24) is 15.4 Å². The molecule has 1 aromatic rings. The molecule has 4 amide bonds. The number of halogens is 1. The fourth-order valence-corrected chi connectivity index (χ4v) is 5.83. The van der Waals surface area contributed by atoms with Crippen molar-refractivity contribution in [2.75, 3.05) is 6.61 Å².